The van der Waals surface area contributed by atoms with Crippen molar-refractivity contribution in [3.63, 3.8) is 0 Å². The molecule has 0 aliphatic carbocycles. The number of nitrogens with zero attached hydrogens (tertiary/aromatic N) is 1. The van der Waals surface area contributed by atoms with Crippen LogP contribution in [0.2, 0.25) is 0 Å². The summed E-state index contributed by atoms with van der Waals surface area (Å²) in [5, 5.41) is 2.65. The number of hydrogen-bond acceptors (Lipinski definition) is 8. The molecule has 0 spiro atoms. The van der Waals surface area contributed by atoms with Gasteiger partial charge in [-0.25, -0.2) is 9.59 Å². The van der Waals surface area contributed by atoms with E-state index in [2.05, 4.69) is 5.32 Å². The molecule has 2 rings (SSSR count). The number of thiophene rings is 1. The van der Waals surface area contributed by atoms with Crippen molar-refractivity contribution < 1.29 is 33.4 Å². The maximum Gasteiger partial charge on any atom is 0.341 e. The molecular weight excluding hydrogens is 424 g/mol. The maximum absolute atomic E-state index is 12.4. The molecule has 0 unspecified atom stereocenters. The SMILES string of the molecule is CCOC(=O)c1c(NC(=O)COC(=O)c2ccc(C=O)cc2)sc(C(=O)N(C)C)c1C. The zero-order valence-corrected chi connectivity index (χ0v) is 18.3. The normalized spacial score (nSPS) is 10.2. The summed E-state index contributed by atoms with van der Waals surface area (Å²) in [6.07, 6.45) is 0.641. The molecule has 0 aliphatic rings. The van der Waals surface area contributed by atoms with Gasteiger partial charge in [0.25, 0.3) is 11.8 Å². The molecule has 10 heteroatoms. The van der Waals surface area contributed by atoms with Gasteiger partial charge in [0, 0.05) is 19.7 Å². The number of ether oxygens (including phenoxy) is 2. The second-order valence-corrected chi connectivity index (χ2v) is 7.57. The molecule has 0 aliphatic heterocycles. The largest absolute Gasteiger partial charge is 0.462 e. The summed E-state index contributed by atoms with van der Waals surface area (Å²) in [6.45, 7) is 2.76. The minimum absolute atomic E-state index is 0.0844. The van der Waals surface area contributed by atoms with E-state index in [1.54, 1.807) is 27.9 Å². The van der Waals surface area contributed by atoms with Crippen LogP contribution in [0.25, 0.3) is 0 Å². The second kappa shape index (κ2) is 10.5. The Kier molecular flexibility index (Phi) is 8.03. The monoisotopic (exact) mass is 446 g/mol. The highest BCUT2D eigenvalue weighted by Crippen LogP contribution is 2.34. The van der Waals surface area contributed by atoms with Crippen molar-refractivity contribution in [1.82, 2.24) is 4.90 Å². The van der Waals surface area contributed by atoms with Gasteiger partial charge in [-0.15, -0.1) is 11.3 Å². The summed E-state index contributed by atoms with van der Waals surface area (Å²) in [5.74, 6) is -2.42. The number of hydrogen-bond donors (Lipinski definition) is 1. The third kappa shape index (κ3) is 5.76. The van der Waals surface area contributed by atoms with Crippen LogP contribution < -0.4 is 5.32 Å². The molecule has 0 bridgehead atoms. The Hall–Kier alpha value is -3.53. The van der Waals surface area contributed by atoms with Crippen LogP contribution in [0.3, 0.4) is 0 Å². The first-order valence-corrected chi connectivity index (χ1v) is 10.1. The number of anilines is 1. The average Bonchev–Trinajstić information content (AvgIpc) is 3.07. The predicted molar refractivity (Wildman–Crippen MR) is 114 cm³/mol. The molecule has 1 aromatic carbocycles. The molecule has 31 heavy (non-hydrogen) atoms. The Bertz CT molecular complexity index is 1010. The quantitative estimate of drug-likeness (QED) is 0.489. The first-order valence-electron chi connectivity index (χ1n) is 9.23. The Morgan fingerprint density at radius 1 is 1.06 bits per heavy atom. The highest BCUT2D eigenvalue weighted by Gasteiger charge is 2.27. The van der Waals surface area contributed by atoms with Crippen LogP contribution in [0.4, 0.5) is 5.00 Å². The summed E-state index contributed by atoms with van der Waals surface area (Å²) < 4.78 is 10.0. The summed E-state index contributed by atoms with van der Waals surface area (Å²) >= 11 is 0.942. The molecule has 2 aromatic rings. The number of carbonyl (C=O) groups is 5. The van der Waals surface area contributed by atoms with Crippen molar-refractivity contribution >= 4 is 46.4 Å². The third-order valence-corrected chi connectivity index (χ3v) is 5.29. The van der Waals surface area contributed by atoms with Crippen molar-refractivity contribution in [2.75, 3.05) is 32.6 Å². The van der Waals surface area contributed by atoms with Gasteiger partial charge in [-0.2, -0.15) is 0 Å². The molecule has 164 valence electrons. The fourth-order valence-corrected chi connectivity index (χ4v) is 3.77. The molecule has 0 fully saturated rings. The fourth-order valence-electron chi connectivity index (χ4n) is 2.53. The number of benzene rings is 1. The van der Waals surface area contributed by atoms with Crippen molar-refractivity contribution in [1.29, 1.82) is 0 Å². The molecule has 1 N–H and O–H groups in total. The van der Waals surface area contributed by atoms with Crippen molar-refractivity contribution in [2.24, 2.45) is 0 Å². The topological polar surface area (TPSA) is 119 Å². The van der Waals surface area contributed by atoms with Crippen molar-refractivity contribution in [3.8, 4) is 0 Å². The van der Waals surface area contributed by atoms with Gasteiger partial charge in [0.15, 0.2) is 6.61 Å². The third-order valence-electron chi connectivity index (χ3n) is 4.10. The molecule has 1 heterocycles. The number of carbonyl (C=O) groups excluding carboxylic acids is 5. The zero-order valence-electron chi connectivity index (χ0n) is 17.5. The van der Waals surface area contributed by atoms with Crippen LogP contribution in [0.1, 0.15) is 53.2 Å². The number of rotatable bonds is 8. The summed E-state index contributed by atoms with van der Waals surface area (Å²) in [5.41, 5.74) is 1.05. The summed E-state index contributed by atoms with van der Waals surface area (Å²) in [4.78, 5) is 61.5. The van der Waals surface area contributed by atoms with Gasteiger partial charge in [-0.05, 0) is 31.5 Å². The minimum Gasteiger partial charge on any atom is -0.462 e. The Morgan fingerprint density at radius 2 is 1.71 bits per heavy atom. The highest BCUT2D eigenvalue weighted by molar-refractivity contribution is 7.18. The number of amides is 2. The van der Waals surface area contributed by atoms with Crippen LogP contribution in [0, 0.1) is 6.92 Å². The zero-order chi connectivity index (χ0) is 23.1. The van der Waals surface area contributed by atoms with Gasteiger partial charge in [0.05, 0.1) is 22.6 Å². The van der Waals surface area contributed by atoms with Gasteiger partial charge in [-0.1, -0.05) is 12.1 Å². The van der Waals surface area contributed by atoms with E-state index in [4.69, 9.17) is 9.47 Å². The molecule has 0 saturated heterocycles. The Morgan fingerprint density at radius 3 is 2.26 bits per heavy atom. The first-order chi connectivity index (χ1) is 14.7. The lowest BCUT2D eigenvalue weighted by atomic mass is 10.1. The highest BCUT2D eigenvalue weighted by atomic mass is 32.1. The summed E-state index contributed by atoms with van der Waals surface area (Å²) in [6, 6.07) is 5.72. The van der Waals surface area contributed by atoms with Crippen molar-refractivity contribution in [2.45, 2.75) is 13.8 Å². The van der Waals surface area contributed by atoms with E-state index in [0.717, 1.165) is 11.3 Å². The lowest BCUT2D eigenvalue weighted by molar-refractivity contribution is -0.119. The number of esters is 2. The molecule has 0 saturated carbocycles. The lowest BCUT2D eigenvalue weighted by Gasteiger charge is -2.09. The van der Waals surface area contributed by atoms with Crippen LogP contribution >= 0.6 is 11.3 Å². The van der Waals surface area contributed by atoms with E-state index in [0.29, 0.717) is 17.4 Å². The molecular formula is C21H22N2O7S. The van der Waals surface area contributed by atoms with E-state index in [1.807, 2.05) is 0 Å². The Balaban J connectivity index is 2.15. The molecule has 2 amide bonds. The van der Waals surface area contributed by atoms with Crippen LogP contribution in [-0.2, 0) is 14.3 Å². The maximum atomic E-state index is 12.4. The molecule has 1 aromatic heterocycles. The minimum atomic E-state index is -0.746. The Labute approximate surface area is 182 Å². The molecule has 0 radical (unpaired) electrons. The van der Waals surface area contributed by atoms with Crippen LogP contribution in [0.15, 0.2) is 24.3 Å². The van der Waals surface area contributed by atoms with Gasteiger partial charge in [0.2, 0.25) is 0 Å². The predicted octanol–water partition coefficient (Wildman–Crippen LogP) is 2.54. The van der Waals surface area contributed by atoms with Crippen LogP contribution in [-0.4, -0.2) is 62.2 Å². The van der Waals surface area contributed by atoms with E-state index in [1.165, 1.54) is 29.2 Å². The van der Waals surface area contributed by atoms with Gasteiger partial charge in [-0.3, -0.25) is 14.4 Å². The van der Waals surface area contributed by atoms with E-state index in [9.17, 15) is 24.0 Å². The number of aldehydes is 1. The van der Waals surface area contributed by atoms with E-state index in [-0.39, 0.29) is 33.5 Å². The second-order valence-electron chi connectivity index (χ2n) is 6.54. The van der Waals surface area contributed by atoms with Crippen LogP contribution in [0.5, 0.6) is 0 Å². The first kappa shape index (κ1) is 23.7. The lowest BCUT2D eigenvalue weighted by Crippen LogP contribution is -2.22. The summed E-state index contributed by atoms with van der Waals surface area (Å²) in [7, 11) is 3.15. The van der Waals surface area contributed by atoms with E-state index >= 15 is 0 Å². The number of nitrogens with one attached hydrogen (secondary N) is 1. The standard InChI is InChI=1S/C21H22N2O7S/c1-5-29-21(28)16-12(2)17(19(26)23(3)4)31-18(16)22-15(25)11-30-20(27)14-8-6-13(10-24)7-9-14/h6-10H,5,11H2,1-4H3,(H,22,25). The average molecular weight is 446 g/mol. The molecule has 9 nitrogen and oxygen atoms in total. The smallest absolute Gasteiger partial charge is 0.341 e. The van der Waals surface area contributed by atoms with Gasteiger partial charge in [0.1, 0.15) is 11.3 Å². The van der Waals surface area contributed by atoms with Gasteiger partial charge >= 0.3 is 11.9 Å². The van der Waals surface area contributed by atoms with Gasteiger partial charge < -0.3 is 19.7 Å². The fraction of sp³-hybridized carbons (Fsp3) is 0.286. The van der Waals surface area contributed by atoms with E-state index < -0.39 is 24.5 Å². The van der Waals surface area contributed by atoms with Crippen molar-refractivity contribution in [3.05, 3.63) is 51.4 Å². The molecule has 0 atom stereocenters.